The fourth-order valence-corrected chi connectivity index (χ4v) is 3.04. The van der Waals surface area contributed by atoms with E-state index in [4.69, 9.17) is 16.3 Å². The first-order chi connectivity index (χ1) is 13.9. The number of nitrogens with one attached hydrogen (secondary N) is 1. The van der Waals surface area contributed by atoms with Crippen molar-refractivity contribution in [2.24, 2.45) is 0 Å². The van der Waals surface area contributed by atoms with Crippen LogP contribution in [0.3, 0.4) is 0 Å². The van der Waals surface area contributed by atoms with E-state index in [1.807, 2.05) is 6.92 Å². The van der Waals surface area contributed by atoms with Crippen LogP contribution in [0.1, 0.15) is 39.1 Å². The van der Waals surface area contributed by atoms with Crippen molar-refractivity contribution < 1.29 is 23.9 Å². The van der Waals surface area contributed by atoms with Crippen LogP contribution in [0, 0.1) is 6.92 Å². The number of benzene rings is 1. The number of rotatable bonds is 7. The summed E-state index contributed by atoms with van der Waals surface area (Å²) in [6, 6.07) is 8.25. The van der Waals surface area contributed by atoms with Gasteiger partial charge in [-0.3, -0.25) is 24.1 Å². The van der Waals surface area contributed by atoms with Crippen molar-refractivity contribution in [1.82, 2.24) is 9.88 Å². The summed E-state index contributed by atoms with van der Waals surface area (Å²) < 4.78 is 4.91. The maximum Gasteiger partial charge on any atom is 0.306 e. The second kappa shape index (κ2) is 8.83. The maximum atomic E-state index is 12.4. The minimum Gasteiger partial charge on any atom is -0.456 e. The summed E-state index contributed by atoms with van der Waals surface area (Å²) >= 11 is 5.83. The van der Waals surface area contributed by atoms with Crippen molar-refractivity contribution in [2.75, 3.05) is 18.5 Å². The molecule has 2 aromatic rings. The fourth-order valence-electron chi connectivity index (χ4n) is 2.87. The molecule has 0 radical (unpaired) electrons. The van der Waals surface area contributed by atoms with Crippen LogP contribution < -0.4 is 5.32 Å². The number of hydrogen-bond donors (Lipinski definition) is 1. The van der Waals surface area contributed by atoms with Crippen molar-refractivity contribution in [1.29, 1.82) is 0 Å². The van der Waals surface area contributed by atoms with Gasteiger partial charge in [-0.2, -0.15) is 0 Å². The zero-order valence-corrected chi connectivity index (χ0v) is 16.4. The predicted molar refractivity (Wildman–Crippen MR) is 105 cm³/mol. The van der Waals surface area contributed by atoms with Gasteiger partial charge in [-0.15, -0.1) is 0 Å². The minimum atomic E-state index is -0.607. The molecule has 0 atom stereocenters. The molecule has 0 saturated carbocycles. The van der Waals surface area contributed by atoms with Crippen LogP contribution in [0.25, 0.3) is 0 Å². The number of aromatic nitrogens is 1. The topological polar surface area (TPSA) is 106 Å². The average Bonchev–Trinajstić information content (AvgIpc) is 2.92. The lowest BCUT2D eigenvalue weighted by atomic mass is 10.1. The first-order valence-corrected chi connectivity index (χ1v) is 9.27. The summed E-state index contributed by atoms with van der Waals surface area (Å²) in [5.41, 5.74) is 1.95. The highest BCUT2D eigenvalue weighted by Crippen LogP contribution is 2.24. The number of ether oxygens (including phenoxy) is 1. The lowest BCUT2D eigenvalue weighted by Crippen LogP contribution is -2.31. The summed E-state index contributed by atoms with van der Waals surface area (Å²) in [5, 5.41) is 2.61. The normalized spacial score (nSPS) is 12.7. The van der Waals surface area contributed by atoms with E-state index in [9.17, 15) is 19.2 Å². The molecule has 1 N–H and O–H groups in total. The van der Waals surface area contributed by atoms with Gasteiger partial charge in [0.15, 0.2) is 11.8 Å². The minimum absolute atomic E-state index is 0.0344. The Balaban J connectivity index is 1.42. The van der Waals surface area contributed by atoms with E-state index < -0.39 is 18.5 Å². The van der Waals surface area contributed by atoms with Crippen molar-refractivity contribution >= 4 is 41.0 Å². The van der Waals surface area contributed by atoms with Gasteiger partial charge in [0.1, 0.15) is 0 Å². The highest BCUT2D eigenvalue weighted by atomic mass is 35.5. The molecule has 0 fully saturated rings. The Hall–Kier alpha value is -3.26. The van der Waals surface area contributed by atoms with Crippen LogP contribution in [0.4, 0.5) is 5.69 Å². The first-order valence-electron chi connectivity index (χ1n) is 8.89. The Labute approximate surface area is 171 Å². The SMILES string of the molecule is Cc1ccc2c(c1)C(=O)N(CCCC(=O)OCC(=O)Nc1cccnc1Cl)C2=O. The molecule has 8 nitrogen and oxygen atoms in total. The highest BCUT2D eigenvalue weighted by Gasteiger charge is 2.35. The van der Waals surface area contributed by atoms with E-state index in [-0.39, 0.29) is 36.4 Å². The van der Waals surface area contributed by atoms with Gasteiger partial charge < -0.3 is 10.1 Å². The molecule has 2 heterocycles. The van der Waals surface area contributed by atoms with Gasteiger partial charge in [-0.1, -0.05) is 23.2 Å². The summed E-state index contributed by atoms with van der Waals surface area (Å²) in [7, 11) is 0. The molecule has 1 aromatic carbocycles. The van der Waals surface area contributed by atoms with Gasteiger partial charge in [0.25, 0.3) is 17.7 Å². The fraction of sp³-hybridized carbons (Fsp3) is 0.250. The first kappa shape index (κ1) is 20.5. The van der Waals surface area contributed by atoms with Crippen LogP contribution in [0.15, 0.2) is 36.5 Å². The van der Waals surface area contributed by atoms with Gasteiger partial charge in [-0.25, -0.2) is 4.98 Å². The molecule has 0 saturated heterocycles. The predicted octanol–water partition coefficient (Wildman–Crippen LogP) is 2.60. The molecule has 150 valence electrons. The van der Waals surface area contributed by atoms with Gasteiger partial charge >= 0.3 is 5.97 Å². The molecule has 3 amide bonds. The van der Waals surface area contributed by atoms with Crippen molar-refractivity contribution in [3.05, 3.63) is 58.4 Å². The van der Waals surface area contributed by atoms with Crippen molar-refractivity contribution in [2.45, 2.75) is 19.8 Å². The molecule has 0 spiro atoms. The number of aryl methyl sites for hydroxylation is 1. The summed E-state index contributed by atoms with van der Waals surface area (Å²) in [4.78, 5) is 53.3. The number of carbonyl (C=O) groups excluding carboxylic acids is 4. The number of pyridine rings is 1. The average molecular weight is 416 g/mol. The Kier molecular flexibility index (Phi) is 6.23. The van der Waals surface area contributed by atoms with Gasteiger partial charge in [0, 0.05) is 19.2 Å². The van der Waals surface area contributed by atoms with Crippen molar-refractivity contribution in [3.63, 3.8) is 0 Å². The zero-order valence-electron chi connectivity index (χ0n) is 15.6. The number of hydrogen-bond acceptors (Lipinski definition) is 6. The number of esters is 1. The molecule has 9 heteroatoms. The Bertz CT molecular complexity index is 992. The van der Waals surface area contributed by atoms with E-state index >= 15 is 0 Å². The van der Waals surface area contributed by atoms with E-state index in [0.717, 1.165) is 10.5 Å². The molecule has 0 aliphatic carbocycles. The summed E-state index contributed by atoms with van der Waals surface area (Å²) in [6.07, 6.45) is 1.68. The van der Waals surface area contributed by atoms with Crippen LogP contribution in [-0.4, -0.2) is 46.7 Å². The quantitative estimate of drug-likeness (QED) is 0.423. The molecule has 1 aromatic heterocycles. The number of nitrogens with zero attached hydrogens (tertiary/aromatic N) is 2. The van der Waals surface area contributed by atoms with Gasteiger partial charge in [-0.05, 0) is 37.6 Å². The Morgan fingerprint density at radius 3 is 2.69 bits per heavy atom. The van der Waals surface area contributed by atoms with E-state index in [0.29, 0.717) is 16.8 Å². The Morgan fingerprint density at radius 1 is 1.17 bits per heavy atom. The van der Waals surface area contributed by atoms with Gasteiger partial charge in [0.2, 0.25) is 0 Å². The van der Waals surface area contributed by atoms with Crippen LogP contribution in [-0.2, 0) is 14.3 Å². The number of halogens is 1. The largest absolute Gasteiger partial charge is 0.456 e. The number of imide groups is 1. The molecule has 1 aliphatic rings. The summed E-state index contributed by atoms with van der Waals surface area (Å²) in [6.45, 7) is 1.46. The highest BCUT2D eigenvalue weighted by molar-refractivity contribution is 6.32. The third-order valence-corrected chi connectivity index (χ3v) is 4.59. The van der Waals surface area contributed by atoms with Crippen LogP contribution in [0.2, 0.25) is 5.15 Å². The smallest absolute Gasteiger partial charge is 0.306 e. The molecule has 0 unspecified atom stereocenters. The van der Waals surface area contributed by atoms with Crippen LogP contribution >= 0.6 is 11.6 Å². The Morgan fingerprint density at radius 2 is 1.93 bits per heavy atom. The van der Waals surface area contributed by atoms with E-state index in [1.54, 1.807) is 30.3 Å². The maximum absolute atomic E-state index is 12.4. The second-order valence-electron chi connectivity index (χ2n) is 6.47. The third-order valence-electron chi connectivity index (χ3n) is 4.29. The third kappa shape index (κ3) is 4.78. The molecule has 3 rings (SSSR count). The standard InChI is InChI=1S/C20H18ClN3O5/c1-12-6-7-13-14(10-12)20(28)24(19(13)27)9-3-5-17(26)29-11-16(25)23-15-4-2-8-22-18(15)21/h2,4,6-8,10H,3,5,9,11H2,1H3,(H,23,25). The zero-order chi connectivity index (χ0) is 21.0. The summed E-state index contributed by atoms with van der Waals surface area (Å²) in [5.74, 6) is -1.89. The lowest BCUT2D eigenvalue weighted by molar-refractivity contribution is -0.147. The lowest BCUT2D eigenvalue weighted by Gasteiger charge is -2.13. The monoisotopic (exact) mass is 415 g/mol. The molecular formula is C20H18ClN3O5. The van der Waals surface area contributed by atoms with Gasteiger partial charge in [0.05, 0.1) is 16.8 Å². The van der Waals surface area contributed by atoms with Crippen molar-refractivity contribution in [3.8, 4) is 0 Å². The molecule has 1 aliphatic heterocycles. The molecule has 0 bridgehead atoms. The number of fused-ring (bicyclic) bond motifs is 1. The number of carbonyl (C=O) groups is 4. The van der Waals surface area contributed by atoms with Crippen LogP contribution in [0.5, 0.6) is 0 Å². The number of anilines is 1. The second-order valence-corrected chi connectivity index (χ2v) is 6.82. The molecule has 29 heavy (non-hydrogen) atoms. The number of amides is 3. The van der Waals surface area contributed by atoms with E-state index in [2.05, 4.69) is 10.3 Å². The van der Waals surface area contributed by atoms with E-state index in [1.165, 1.54) is 6.20 Å². The molecular weight excluding hydrogens is 398 g/mol.